The topological polar surface area (TPSA) is 80.2 Å². The maximum absolute atomic E-state index is 11.7. The molecular formula is C16H14Cl2N2O4. The number of carbonyl (C=O) groups is 1. The smallest absolute Gasteiger partial charge is 0.277 e. The lowest BCUT2D eigenvalue weighted by Gasteiger charge is -2.07. The molecule has 0 aliphatic rings. The van der Waals surface area contributed by atoms with Crippen molar-refractivity contribution in [1.82, 2.24) is 5.43 Å². The molecule has 0 aliphatic heterocycles. The van der Waals surface area contributed by atoms with Crippen LogP contribution in [0.4, 0.5) is 0 Å². The first kappa shape index (κ1) is 17.9. The van der Waals surface area contributed by atoms with Crippen molar-refractivity contribution in [3.63, 3.8) is 0 Å². The summed E-state index contributed by atoms with van der Waals surface area (Å²) in [6.07, 6.45) is 1.41. The Labute approximate surface area is 148 Å². The van der Waals surface area contributed by atoms with Crippen LogP contribution < -0.4 is 14.9 Å². The first-order valence-electron chi connectivity index (χ1n) is 6.77. The van der Waals surface area contributed by atoms with E-state index in [2.05, 4.69) is 10.5 Å². The summed E-state index contributed by atoms with van der Waals surface area (Å²) in [5.41, 5.74) is 2.96. The number of amides is 1. The monoisotopic (exact) mass is 368 g/mol. The third kappa shape index (κ3) is 4.78. The third-order valence-electron chi connectivity index (χ3n) is 2.88. The van der Waals surface area contributed by atoms with Gasteiger partial charge in [-0.15, -0.1) is 0 Å². The largest absolute Gasteiger partial charge is 0.504 e. The Morgan fingerprint density at radius 3 is 2.83 bits per heavy atom. The van der Waals surface area contributed by atoms with E-state index in [0.29, 0.717) is 22.1 Å². The number of phenols is 1. The second-order valence-electron chi connectivity index (χ2n) is 4.57. The van der Waals surface area contributed by atoms with E-state index in [1.165, 1.54) is 19.4 Å². The summed E-state index contributed by atoms with van der Waals surface area (Å²) in [7, 11) is 1.44. The van der Waals surface area contributed by atoms with Gasteiger partial charge in [0, 0.05) is 0 Å². The number of hydrazone groups is 1. The Kier molecular flexibility index (Phi) is 6.28. The summed E-state index contributed by atoms with van der Waals surface area (Å²) in [6, 6.07) is 9.55. The summed E-state index contributed by atoms with van der Waals surface area (Å²) in [5.74, 6) is 0.175. The van der Waals surface area contributed by atoms with Crippen molar-refractivity contribution in [2.45, 2.75) is 0 Å². The molecule has 8 heteroatoms. The molecule has 0 spiro atoms. The van der Waals surface area contributed by atoms with Gasteiger partial charge >= 0.3 is 0 Å². The lowest BCUT2D eigenvalue weighted by atomic mass is 10.2. The number of carbonyl (C=O) groups excluding carboxylic acids is 1. The van der Waals surface area contributed by atoms with Crippen LogP contribution in [-0.4, -0.2) is 30.9 Å². The van der Waals surface area contributed by atoms with Gasteiger partial charge in [-0.3, -0.25) is 4.79 Å². The average Bonchev–Trinajstić information content (AvgIpc) is 2.57. The molecule has 0 radical (unpaired) electrons. The molecule has 2 aromatic rings. The highest BCUT2D eigenvalue weighted by atomic mass is 35.5. The van der Waals surface area contributed by atoms with E-state index >= 15 is 0 Å². The first-order chi connectivity index (χ1) is 11.5. The van der Waals surface area contributed by atoms with Crippen LogP contribution in [0.1, 0.15) is 5.56 Å². The minimum atomic E-state index is -0.465. The zero-order chi connectivity index (χ0) is 17.5. The molecule has 0 fully saturated rings. The standard InChI is InChI=1S/C16H14Cl2N2O4/c1-23-14-7-10(5-6-12(14)21)8-19-20-15(22)9-24-13-4-2-3-11(17)16(13)18/h2-8,21H,9H2,1H3,(H,20,22)/b19-8-. The van der Waals surface area contributed by atoms with Gasteiger partial charge in [0.05, 0.1) is 18.3 Å². The number of aromatic hydroxyl groups is 1. The second-order valence-corrected chi connectivity index (χ2v) is 5.35. The van der Waals surface area contributed by atoms with E-state index in [9.17, 15) is 9.90 Å². The maximum atomic E-state index is 11.7. The van der Waals surface area contributed by atoms with Crippen molar-refractivity contribution >= 4 is 35.3 Å². The van der Waals surface area contributed by atoms with Gasteiger partial charge in [0.15, 0.2) is 18.1 Å². The number of nitrogens with zero attached hydrogens (tertiary/aromatic N) is 1. The Morgan fingerprint density at radius 2 is 2.08 bits per heavy atom. The fraction of sp³-hybridized carbons (Fsp3) is 0.125. The van der Waals surface area contributed by atoms with Gasteiger partial charge in [0.25, 0.3) is 5.91 Å². The van der Waals surface area contributed by atoms with Crippen LogP contribution in [0.3, 0.4) is 0 Å². The van der Waals surface area contributed by atoms with Crippen molar-refractivity contribution in [1.29, 1.82) is 0 Å². The van der Waals surface area contributed by atoms with Crippen molar-refractivity contribution in [2.24, 2.45) is 5.10 Å². The second kappa shape index (κ2) is 8.42. The molecule has 0 bridgehead atoms. The van der Waals surface area contributed by atoms with Gasteiger partial charge < -0.3 is 14.6 Å². The van der Waals surface area contributed by atoms with Crippen molar-refractivity contribution < 1.29 is 19.4 Å². The van der Waals surface area contributed by atoms with Crippen LogP contribution in [0.15, 0.2) is 41.5 Å². The van der Waals surface area contributed by atoms with Gasteiger partial charge in [-0.2, -0.15) is 5.10 Å². The summed E-state index contributed by atoms with van der Waals surface area (Å²) < 4.78 is 10.3. The van der Waals surface area contributed by atoms with Crippen LogP contribution in [0.2, 0.25) is 10.0 Å². The Balaban J connectivity index is 1.88. The lowest BCUT2D eigenvalue weighted by molar-refractivity contribution is -0.123. The molecule has 24 heavy (non-hydrogen) atoms. The number of rotatable bonds is 6. The molecule has 0 heterocycles. The number of benzene rings is 2. The quantitative estimate of drug-likeness (QED) is 0.605. The number of hydrogen-bond acceptors (Lipinski definition) is 5. The van der Waals surface area contributed by atoms with Crippen molar-refractivity contribution in [3.8, 4) is 17.2 Å². The highest BCUT2D eigenvalue weighted by molar-refractivity contribution is 6.42. The number of methoxy groups -OCH3 is 1. The van der Waals surface area contributed by atoms with E-state index in [4.69, 9.17) is 32.7 Å². The van der Waals surface area contributed by atoms with Crippen molar-refractivity contribution in [3.05, 3.63) is 52.0 Å². The van der Waals surface area contributed by atoms with Gasteiger partial charge in [0.2, 0.25) is 0 Å². The zero-order valence-electron chi connectivity index (χ0n) is 12.6. The maximum Gasteiger partial charge on any atom is 0.277 e. The average molecular weight is 369 g/mol. The molecule has 0 atom stereocenters. The highest BCUT2D eigenvalue weighted by Crippen LogP contribution is 2.31. The normalized spacial score (nSPS) is 10.6. The number of hydrogen-bond donors (Lipinski definition) is 2. The van der Waals surface area contributed by atoms with Gasteiger partial charge in [0.1, 0.15) is 10.8 Å². The van der Waals surface area contributed by atoms with Crippen LogP contribution in [0.25, 0.3) is 0 Å². The molecular weight excluding hydrogens is 355 g/mol. The minimum absolute atomic E-state index is 0.0190. The predicted molar refractivity (Wildman–Crippen MR) is 92.4 cm³/mol. The summed E-state index contributed by atoms with van der Waals surface area (Å²) in [4.78, 5) is 11.7. The SMILES string of the molecule is COc1cc(/C=N\NC(=O)COc2cccc(Cl)c2Cl)ccc1O. The van der Waals surface area contributed by atoms with Gasteiger partial charge in [-0.05, 0) is 35.9 Å². The van der Waals surface area contributed by atoms with E-state index in [-0.39, 0.29) is 17.4 Å². The molecule has 0 aromatic heterocycles. The Morgan fingerprint density at radius 1 is 1.29 bits per heavy atom. The zero-order valence-corrected chi connectivity index (χ0v) is 14.1. The molecule has 0 saturated heterocycles. The van der Waals surface area contributed by atoms with Crippen LogP contribution in [-0.2, 0) is 4.79 Å². The van der Waals surface area contributed by atoms with E-state index in [1.807, 2.05) is 0 Å². The van der Waals surface area contributed by atoms with E-state index < -0.39 is 5.91 Å². The number of phenolic OH excluding ortho intramolecular Hbond substituents is 1. The predicted octanol–water partition coefficient (Wildman–Crippen LogP) is 3.24. The molecule has 2 aromatic carbocycles. The minimum Gasteiger partial charge on any atom is -0.504 e. The van der Waals surface area contributed by atoms with Gasteiger partial charge in [-0.1, -0.05) is 29.3 Å². The number of nitrogens with one attached hydrogen (secondary N) is 1. The van der Waals surface area contributed by atoms with E-state index in [1.54, 1.807) is 30.3 Å². The molecule has 126 valence electrons. The molecule has 0 saturated carbocycles. The van der Waals surface area contributed by atoms with E-state index in [0.717, 1.165) is 0 Å². The van der Waals surface area contributed by atoms with Crippen LogP contribution in [0.5, 0.6) is 17.2 Å². The first-order valence-corrected chi connectivity index (χ1v) is 7.52. The summed E-state index contributed by atoms with van der Waals surface area (Å²) in [6.45, 7) is -0.268. The lowest BCUT2D eigenvalue weighted by Crippen LogP contribution is -2.24. The van der Waals surface area contributed by atoms with Crippen molar-refractivity contribution in [2.75, 3.05) is 13.7 Å². The summed E-state index contributed by atoms with van der Waals surface area (Å²) >= 11 is 11.8. The van der Waals surface area contributed by atoms with Gasteiger partial charge in [-0.25, -0.2) is 5.43 Å². The fourth-order valence-electron chi connectivity index (χ4n) is 1.72. The van der Waals surface area contributed by atoms with Crippen LogP contribution in [0, 0.1) is 0 Å². The molecule has 2 N–H and O–H groups in total. The number of halogens is 2. The molecule has 6 nitrogen and oxygen atoms in total. The highest BCUT2D eigenvalue weighted by Gasteiger charge is 2.07. The van der Waals surface area contributed by atoms with Crippen LogP contribution >= 0.6 is 23.2 Å². The number of ether oxygens (including phenoxy) is 2. The third-order valence-corrected chi connectivity index (χ3v) is 3.68. The fourth-order valence-corrected chi connectivity index (χ4v) is 2.07. The molecule has 1 amide bonds. The molecule has 0 aliphatic carbocycles. The Hall–Kier alpha value is -2.44. The molecule has 0 unspecified atom stereocenters. The molecule has 2 rings (SSSR count). The Bertz CT molecular complexity index is 766. The summed E-state index contributed by atoms with van der Waals surface area (Å²) in [5, 5.41) is 13.9.